The lowest BCUT2D eigenvalue weighted by molar-refractivity contribution is -0.116. The molecule has 4 rings (SSSR count). The van der Waals surface area contributed by atoms with Gasteiger partial charge in [-0.25, -0.2) is 0 Å². The van der Waals surface area contributed by atoms with Crippen LogP contribution < -0.4 is 10.1 Å². The predicted molar refractivity (Wildman–Crippen MR) is 116 cm³/mol. The molecule has 0 saturated heterocycles. The summed E-state index contributed by atoms with van der Waals surface area (Å²) in [4.78, 5) is 12.8. The summed E-state index contributed by atoms with van der Waals surface area (Å²) in [5.41, 5.74) is 2.36. The summed E-state index contributed by atoms with van der Waals surface area (Å²) in [6.07, 6.45) is 0. The number of hydrogen-bond acceptors (Lipinski definition) is 5. The molecule has 4 aromatic rings. The van der Waals surface area contributed by atoms with Crippen molar-refractivity contribution in [2.75, 3.05) is 11.9 Å². The fraction of sp³-hybridized carbons (Fsp3) is 0.261. The van der Waals surface area contributed by atoms with E-state index in [0.29, 0.717) is 24.1 Å². The van der Waals surface area contributed by atoms with Crippen LogP contribution >= 0.6 is 0 Å². The van der Waals surface area contributed by atoms with Crippen LogP contribution in [0.4, 0.5) is 5.69 Å². The highest BCUT2D eigenvalue weighted by Crippen LogP contribution is 2.29. The van der Waals surface area contributed by atoms with Gasteiger partial charge in [0.05, 0.1) is 6.61 Å². The summed E-state index contributed by atoms with van der Waals surface area (Å²) in [6.45, 7) is 6.65. The Morgan fingerprint density at radius 1 is 1.13 bits per heavy atom. The molecule has 0 aliphatic rings. The van der Waals surface area contributed by atoms with Crippen LogP contribution in [-0.4, -0.2) is 27.3 Å². The first-order chi connectivity index (χ1) is 14.5. The lowest BCUT2D eigenvalue weighted by atomic mass is 10.2. The molecule has 0 spiro atoms. The van der Waals surface area contributed by atoms with Crippen molar-refractivity contribution in [2.45, 2.75) is 33.2 Å². The second-order valence-electron chi connectivity index (χ2n) is 7.28. The molecule has 0 fully saturated rings. The van der Waals surface area contributed by atoms with Gasteiger partial charge in [0.1, 0.15) is 18.0 Å². The van der Waals surface area contributed by atoms with Gasteiger partial charge in [0, 0.05) is 22.5 Å². The van der Waals surface area contributed by atoms with Crippen molar-refractivity contribution in [3.8, 4) is 17.3 Å². The summed E-state index contributed by atoms with van der Waals surface area (Å²) >= 11 is 0. The van der Waals surface area contributed by atoms with E-state index in [2.05, 4.69) is 15.5 Å². The number of rotatable bonds is 7. The molecule has 0 bridgehead atoms. The van der Waals surface area contributed by atoms with Crippen LogP contribution in [0.3, 0.4) is 0 Å². The van der Waals surface area contributed by atoms with E-state index in [1.807, 2.05) is 79.9 Å². The van der Waals surface area contributed by atoms with Crippen LogP contribution in [0.5, 0.6) is 5.75 Å². The topological polar surface area (TPSA) is 82.2 Å². The summed E-state index contributed by atoms with van der Waals surface area (Å²) in [5, 5.41) is 12.3. The number of fused-ring (bicyclic) bond motifs is 1. The maximum Gasteiger partial charge on any atom is 0.264 e. The number of benzene rings is 2. The molecular formula is C23H24N4O3. The fourth-order valence-corrected chi connectivity index (χ4v) is 3.27. The number of nitrogens with zero attached hydrogens (tertiary/aromatic N) is 3. The first-order valence-electron chi connectivity index (χ1n) is 10.00. The molecule has 2 heterocycles. The Morgan fingerprint density at radius 3 is 2.60 bits per heavy atom. The third-order valence-electron chi connectivity index (χ3n) is 4.72. The van der Waals surface area contributed by atoms with E-state index >= 15 is 0 Å². The SMILES string of the molecule is CCOc1ccc(NC(=O)Cn2c(-c3nnc(C(C)C)o3)cc3ccccc32)cc1. The van der Waals surface area contributed by atoms with Gasteiger partial charge in [-0.1, -0.05) is 32.0 Å². The van der Waals surface area contributed by atoms with E-state index in [1.54, 1.807) is 0 Å². The van der Waals surface area contributed by atoms with Gasteiger partial charge in [-0.15, -0.1) is 10.2 Å². The predicted octanol–water partition coefficient (Wildman–Crippen LogP) is 4.85. The molecule has 0 aliphatic carbocycles. The lowest BCUT2D eigenvalue weighted by Crippen LogP contribution is -2.19. The van der Waals surface area contributed by atoms with Gasteiger partial charge in [0.25, 0.3) is 5.89 Å². The minimum atomic E-state index is -0.148. The molecule has 7 heteroatoms. The Kier molecular flexibility index (Phi) is 5.52. The Labute approximate surface area is 174 Å². The number of anilines is 1. The van der Waals surface area contributed by atoms with Crippen molar-refractivity contribution in [2.24, 2.45) is 0 Å². The number of para-hydroxylation sites is 1. The zero-order valence-electron chi connectivity index (χ0n) is 17.3. The number of aromatic nitrogens is 3. The van der Waals surface area contributed by atoms with Crippen molar-refractivity contribution < 1.29 is 13.9 Å². The average Bonchev–Trinajstić information content (AvgIpc) is 3.35. The Morgan fingerprint density at radius 2 is 1.90 bits per heavy atom. The molecule has 30 heavy (non-hydrogen) atoms. The maximum absolute atomic E-state index is 12.8. The van der Waals surface area contributed by atoms with Crippen LogP contribution in [0, 0.1) is 0 Å². The molecule has 1 amide bonds. The molecule has 154 valence electrons. The second kappa shape index (κ2) is 8.41. The molecule has 0 atom stereocenters. The van der Waals surface area contributed by atoms with Gasteiger partial charge < -0.3 is 19.0 Å². The summed E-state index contributed by atoms with van der Waals surface area (Å²) in [7, 11) is 0. The fourth-order valence-electron chi connectivity index (χ4n) is 3.27. The number of ether oxygens (including phenoxy) is 1. The first kappa shape index (κ1) is 19.7. The van der Waals surface area contributed by atoms with Crippen molar-refractivity contribution in [3.63, 3.8) is 0 Å². The van der Waals surface area contributed by atoms with E-state index in [-0.39, 0.29) is 18.4 Å². The highest BCUT2D eigenvalue weighted by Gasteiger charge is 2.19. The standard InChI is InChI=1S/C23H24N4O3/c1-4-29-18-11-9-17(10-12-18)24-21(28)14-27-19-8-6-5-7-16(19)13-20(27)23-26-25-22(30-23)15(2)3/h5-13,15H,4,14H2,1-3H3,(H,24,28). The molecular weight excluding hydrogens is 380 g/mol. The number of carbonyl (C=O) groups excluding carboxylic acids is 1. The van der Waals surface area contributed by atoms with E-state index in [9.17, 15) is 4.79 Å². The van der Waals surface area contributed by atoms with Gasteiger partial charge in [0.15, 0.2) is 0 Å². The summed E-state index contributed by atoms with van der Waals surface area (Å²) in [6, 6.07) is 17.2. The third-order valence-corrected chi connectivity index (χ3v) is 4.72. The minimum Gasteiger partial charge on any atom is -0.494 e. The minimum absolute atomic E-state index is 0.120. The second-order valence-corrected chi connectivity index (χ2v) is 7.28. The van der Waals surface area contributed by atoms with Crippen molar-refractivity contribution in [1.29, 1.82) is 0 Å². The van der Waals surface area contributed by atoms with E-state index in [1.165, 1.54) is 0 Å². The number of nitrogens with one attached hydrogen (secondary N) is 1. The molecule has 2 aromatic heterocycles. The van der Waals surface area contributed by atoms with Crippen LogP contribution in [0.2, 0.25) is 0 Å². The first-order valence-corrected chi connectivity index (χ1v) is 10.00. The molecule has 0 saturated carbocycles. The third kappa shape index (κ3) is 4.05. The number of carbonyl (C=O) groups is 1. The quantitative estimate of drug-likeness (QED) is 0.476. The molecule has 1 N–H and O–H groups in total. The lowest BCUT2D eigenvalue weighted by Gasteiger charge is -2.10. The van der Waals surface area contributed by atoms with E-state index < -0.39 is 0 Å². The Hall–Kier alpha value is -3.61. The molecule has 0 aliphatic heterocycles. The van der Waals surface area contributed by atoms with Gasteiger partial charge in [-0.2, -0.15) is 0 Å². The van der Waals surface area contributed by atoms with E-state index in [4.69, 9.17) is 9.15 Å². The monoisotopic (exact) mass is 404 g/mol. The average molecular weight is 404 g/mol. The zero-order chi connectivity index (χ0) is 21.1. The van der Waals surface area contributed by atoms with Crippen LogP contribution in [0.15, 0.2) is 59.0 Å². The van der Waals surface area contributed by atoms with E-state index in [0.717, 1.165) is 22.3 Å². The summed E-state index contributed by atoms with van der Waals surface area (Å²) in [5.74, 6) is 1.73. The Balaban J connectivity index is 1.61. The highest BCUT2D eigenvalue weighted by molar-refractivity contribution is 5.93. The Bertz CT molecular complexity index is 1160. The normalized spacial score (nSPS) is 11.2. The molecule has 7 nitrogen and oxygen atoms in total. The van der Waals surface area contributed by atoms with Gasteiger partial charge >= 0.3 is 0 Å². The molecule has 2 aromatic carbocycles. The smallest absolute Gasteiger partial charge is 0.264 e. The maximum atomic E-state index is 12.8. The number of hydrogen-bond donors (Lipinski definition) is 1. The summed E-state index contributed by atoms with van der Waals surface area (Å²) < 4.78 is 13.2. The van der Waals surface area contributed by atoms with Crippen molar-refractivity contribution in [1.82, 2.24) is 14.8 Å². The zero-order valence-corrected chi connectivity index (χ0v) is 17.3. The van der Waals surface area contributed by atoms with Crippen LogP contribution in [0.1, 0.15) is 32.6 Å². The van der Waals surface area contributed by atoms with Gasteiger partial charge in [-0.05, 0) is 43.3 Å². The van der Waals surface area contributed by atoms with Gasteiger partial charge in [0.2, 0.25) is 11.8 Å². The van der Waals surface area contributed by atoms with Gasteiger partial charge in [-0.3, -0.25) is 4.79 Å². The van der Waals surface area contributed by atoms with Crippen molar-refractivity contribution in [3.05, 3.63) is 60.5 Å². The van der Waals surface area contributed by atoms with Crippen molar-refractivity contribution >= 4 is 22.5 Å². The van der Waals surface area contributed by atoms with Crippen LogP contribution in [-0.2, 0) is 11.3 Å². The van der Waals surface area contributed by atoms with Crippen LogP contribution in [0.25, 0.3) is 22.5 Å². The molecule has 0 radical (unpaired) electrons. The molecule has 0 unspecified atom stereocenters. The highest BCUT2D eigenvalue weighted by atomic mass is 16.5. The number of amides is 1. The largest absolute Gasteiger partial charge is 0.494 e.